The van der Waals surface area contributed by atoms with Crippen LogP contribution in [0, 0.1) is 17.1 Å². The van der Waals surface area contributed by atoms with Gasteiger partial charge in [0.05, 0.1) is 25.7 Å². The lowest BCUT2D eigenvalue weighted by atomic mass is 9.96. The standard InChI is InChI=1S/C18H18FNO2/c1-21-17-9-7-14(8-10-17)15(13-20)4-3-11-22-18-6-2-5-16(19)12-18/h2,5-10,12,15H,3-4,11H2,1H3. The van der Waals surface area contributed by atoms with Crippen molar-refractivity contribution in [3.8, 4) is 17.6 Å². The maximum absolute atomic E-state index is 13.0. The number of nitrogens with zero attached hydrogens (tertiary/aromatic N) is 1. The fourth-order valence-corrected chi connectivity index (χ4v) is 2.18. The highest BCUT2D eigenvalue weighted by atomic mass is 19.1. The molecule has 2 rings (SSSR count). The van der Waals surface area contributed by atoms with Gasteiger partial charge in [-0.15, -0.1) is 0 Å². The van der Waals surface area contributed by atoms with E-state index in [1.165, 1.54) is 12.1 Å². The van der Waals surface area contributed by atoms with E-state index in [0.29, 0.717) is 18.8 Å². The van der Waals surface area contributed by atoms with Crippen LogP contribution in [0.1, 0.15) is 24.3 Å². The molecule has 0 fully saturated rings. The van der Waals surface area contributed by atoms with Crippen LogP contribution in [0.5, 0.6) is 11.5 Å². The number of halogens is 1. The zero-order valence-corrected chi connectivity index (χ0v) is 12.5. The quantitative estimate of drug-likeness (QED) is 0.716. The van der Waals surface area contributed by atoms with Crippen LogP contribution in [0.3, 0.4) is 0 Å². The normalized spacial score (nSPS) is 11.5. The highest BCUT2D eigenvalue weighted by Gasteiger charge is 2.10. The molecule has 22 heavy (non-hydrogen) atoms. The Morgan fingerprint density at radius 2 is 1.91 bits per heavy atom. The van der Waals surface area contributed by atoms with E-state index in [4.69, 9.17) is 9.47 Å². The van der Waals surface area contributed by atoms with Crippen LogP contribution in [0.4, 0.5) is 4.39 Å². The zero-order chi connectivity index (χ0) is 15.8. The van der Waals surface area contributed by atoms with Gasteiger partial charge in [-0.1, -0.05) is 18.2 Å². The van der Waals surface area contributed by atoms with E-state index in [2.05, 4.69) is 6.07 Å². The molecular formula is C18H18FNO2. The molecule has 3 nitrogen and oxygen atoms in total. The molecule has 1 atom stereocenters. The topological polar surface area (TPSA) is 42.2 Å². The van der Waals surface area contributed by atoms with Crippen LogP contribution in [-0.2, 0) is 0 Å². The summed E-state index contributed by atoms with van der Waals surface area (Å²) in [7, 11) is 1.61. The Morgan fingerprint density at radius 3 is 2.55 bits per heavy atom. The minimum atomic E-state index is -0.314. The highest BCUT2D eigenvalue weighted by Crippen LogP contribution is 2.23. The molecule has 0 radical (unpaired) electrons. The predicted molar refractivity (Wildman–Crippen MR) is 82.5 cm³/mol. The Labute approximate surface area is 129 Å². The van der Waals surface area contributed by atoms with Crippen LogP contribution in [0.25, 0.3) is 0 Å². The van der Waals surface area contributed by atoms with E-state index in [-0.39, 0.29) is 11.7 Å². The lowest BCUT2D eigenvalue weighted by molar-refractivity contribution is 0.303. The Hall–Kier alpha value is -2.54. The van der Waals surface area contributed by atoms with Gasteiger partial charge >= 0.3 is 0 Å². The lowest BCUT2D eigenvalue weighted by Crippen LogP contribution is -2.02. The Bertz CT molecular complexity index is 634. The molecule has 0 aliphatic carbocycles. The molecule has 0 spiro atoms. The fraction of sp³-hybridized carbons (Fsp3) is 0.278. The smallest absolute Gasteiger partial charge is 0.126 e. The summed E-state index contributed by atoms with van der Waals surface area (Å²) in [4.78, 5) is 0. The van der Waals surface area contributed by atoms with E-state index in [1.54, 1.807) is 19.2 Å². The molecule has 2 aromatic carbocycles. The molecule has 2 aromatic rings. The summed E-state index contributed by atoms with van der Waals surface area (Å²) in [6.07, 6.45) is 1.42. The summed E-state index contributed by atoms with van der Waals surface area (Å²) < 4.78 is 23.6. The van der Waals surface area contributed by atoms with Crippen molar-refractivity contribution in [1.82, 2.24) is 0 Å². The van der Waals surface area contributed by atoms with E-state index in [9.17, 15) is 9.65 Å². The van der Waals surface area contributed by atoms with Gasteiger partial charge in [0.1, 0.15) is 17.3 Å². The summed E-state index contributed by atoms with van der Waals surface area (Å²) >= 11 is 0. The first kappa shape index (κ1) is 15.8. The molecule has 0 aliphatic heterocycles. The first-order valence-corrected chi connectivity index (χ1v) is 7.15. The summed E-state index contributed by atoms with van der Waals surface area (Å²) in [6, 6.07) is 15.9. The molecule has 114 valence electrons. The monoisotopic (exact) mass is 299 g/mol. The van der Waals surface area contributed by atoms with E-state index in [1.807, 2.05) is 24.3 Å². The van der Waals surface area contributed by atoms with Crippen molar-refractivity contribution in [3.05, 3.63) is 59.9 Å². The van der Waals surface area contributed by atoms with Gasteiger partial charge in [0.2, 0.25) is 0 Å². The maximum atomic E-state index is 13.0. The molecule has 0 saturated heterocycles. The van der Waals surface area contributed by atoms with Crippen molar-refractivity contribution in [3.63, 3.8) is 0 Å². The van der Waals surface area contributed by atoms with Gasteiger partial charge < -0.3 is 9.47 Å². The Kier molecular flexibility index (Phi) is 5.79. The van der Waals surface area contributed by atoms with Crippen LogP contribution in [-0.4, -0.2) is 13.7 Å². The summed E-state index contributed by atoms with van der Waals surface area (Å²) in [5.41, 5.74) is 0.967. The average molecular weight is 299 g/mol. The van der Waals surface area contributed by atoms with Crippen LogP contribution < -0.4 is 9.47 Å². The Balaban J connectivity index is 1.82. The minimum Gasteiger partial charge on any atom is -0.497 e. The van der Waals surface area contributed by atoms with Gasteiger partial charge in [0.15, 0.2) is 0 Å². The van der Waals surface area contributed by atoms with Gasteiger partial charge in [-0.05, 0) is 42.7 Å². The third-order valence-corrected chi connectivity index (χ3v) is 3.38. The average Bonchev–Trinajstić information content (AvgIpc) is 2.55. The van der Waals surface area contributed by atoms with Gasteiger partial charge in [0.25, 0.3) is 0 Å². The maximum Gasteiger partial charge on any atom is 0.126 e. The van der Waals surface area contributed by atoms with Crippen molar-refractivity contribution >= 4 is 0 Å². The van der Waals surface area contributed by atoms with Crippen molar-refractivity contribution in [1.29, 1.82) is 5.26 Å². The van der Waals surface area contributed by atoms with E-state index in [0.717, 1.165) is 17.7 Å². The molecule has 1 unspecified atom stereocenters. The van der Waals surface area contributed by atoms with Crippen molar-refractivity contribution in [2.75, 3.05) is 13.7 Å². The van der Waals surface area contributed by atoms with Gasteiger partial charge in [-0.3, -0.25) is 0 Å². The molecule has 0 aliphatic rings. The molecule has 0 aromatic heterocycles. The molecule has 0 amide bonds. The van der Waals surface area contributed by atoms with Crippen molar-refractivity contribution < 1.29 is 13.9 Å². The first-order chi connectivity index (χ1) is 10.7. The third-order valence-electron chi connectivity index (χ3n) is 3.38. The largest absolute Gasteiger partial charge is 0.497 e. The summed E-state index contributed by atoms with van der Waals surface area (Å²) in [6.45, 7) is 0.456. The summed E-state index contributed by atoms with van der Waals surface area (Å²) in [5.74, 6) is 0.792. The van der Waals surface area contributed by atoms with E-state index >= 15 is 0 Å². The molecule has 0 bridgehead atoms. The number of hydrogen-bond acceptors (Lipinski definition) is 3. The number of ether oxygens (including phenoxy) is 2. The zero-order valence-electron chi connectivity index (χ0n) is 12.5. The van der Waals surface area contributed by atoms with Crippen LogP contribution >= 0.6 is 0 Å². The molecule has 0 saturated carbocycles. The predicted octanol–water partition coefficient (Wildman–Crippen LogP) is 4.30. The second-order valence-electron chi connectivity index (χ2n) is 4.90. The lowest BCUT2D eigenvalue weighted by Gasteiger charge is -2.11. The highest BCUT2D eigenvalue weighted by molar-refractivity contribution is 5.31. The second-order valence-corrected chi connectivity index (χ2v) is 4.90. The van der Waals surface area contributed by atoms with Crippen molar-refractivity contribution in [2.24, 2.45) is 0 Å². The Morgan fingerprint density at radius 1 is 1.14 bits per heavy atom. The number of hydrogen-bond donors (Lipinski definition) is 0. The number of methoxy groups -OCH3 is 1. The van der Waals surface area contributed by atoms with Gasteiger partial charge in [0, 0.05) is 6.07 Å². The third kappa shape index (κ3) is 4.49. The van der Waals surface area contributed by atoms with Crippen LogP contribution in [0.15, 0.2) is 48.5 Å². The minimum absolute atomic E-state index is 0.179. The molecule has 0 heterocycles. The second kappa shape index (κ2) is 8.04. The first-order valence-electron chi connectivity index (χ1n) is 7.15. The van der Waals surface area contributed by atoms with E-state index < -0.39 is 0 Å². The summed E-state index contributed by atoms with van der Waals surface area (Å²) in [5, 5.41) is 9.29. The van der Waals surface area contributed by atoms with Crippen LogP contribution in [0.2, 0.25) is 0 Å². The number of nitriles is 1. The fourth-order valence-electron chi connectivity index (χ4n) is 2.18. The molecule has 0 N–H and O–H groups in total. The SMILES string of the molecule is COc1ccc(C(C#N)CCCOc2cccc(F)c2)cc1. The number of rotatable bonds is 7. The molecular weight excluding hydrogens is 281 g/mol. The molecule has 4 heteroatoms. The van der Waals surface area contributed by atoms with Gasteiger partial charge in [-0.2, -0.15) is 5.26 Å². The van der Waals surface area contributed by atoms with Gasteiger partial charge in [-0.25, -0.2) is 4.39 Å². The number of benzene rings is 2. The van der Waals surface area contributed by atoms with Crippen molar-refractivity contribution in [2.45, 2.75) is 18.8 Å².